The van der Waals surface area contributed by atoms with Gasteiger partial charge in [0, 0.05) is 52.7 Å². The zero-order chi connectivity index (χ0) is 36.2. The lowest BCUT2D eigenvalue weighted by atomic mass is 9.95. The van der Waals surface area contributed by atoms with Crippen LogP contribution in [0.15, 0.2) is 24.3 Å². The first-order valence-electron chi connectivity index (χ1n) is 18.4. The minimum absolute atomic E-state index is 0.128. The molecule has 1 aliphatic heterocycles. The number of unbranched alkanes of at least 4 members (excludes halogenated alkanes) is 2. The van der Waals surface area contributed by atoms with E-state index in [1.54, 1.807) is 23.7 Å². The number of nitrogens with one attached hydrogen (secondary N) is 1. The molecule has 0 saturated carbocycles. The lowest BCUT2D eigenvalue weighted by Gasteiger charge is -2.18. The highest BCUT2D eigenvalue weighted by molar-refractivity contribution is 8.00. The molecule has 0 aliphatic carbocycles. The average Bonchev–Trinajstić information content (AvgIpc) is 3.33. The van der Waals surface area contributed by atoms with Crippen LogP contribution >= 0.6 is 11.8 Å². The molecule has 1 N–H and O–H groups in total. The van der Waals surface area contributed by atoms with E-state index < -0.39 is 0 Å². The molecule has 2 rings (SSSR count). The van der Waals surface area contributed by atoms with Crippen molar-refractivity contribution in [3.63, 3.8) is 0 Å². The smallest absolute Gasteiger partial charge is 0.410 e. The van der Waals surface area contributed by atoms with Crippen LogP contribution in [0.5, 0.6) is 5.75 Å². The van der Waals surface area contributed by atoms with Crippen LogP contribution in [-0.2, 0) is 19.1 Å². The number of carbonyl (C=O) groups excluding carboxylic acids is 4. The lowest BCUT2D eigenvalue weighted by Crippen LogP contribution is -2.36. The van der Waals surface area contributed by atoms with Crippen LogP contribution < -0.4 is 10.1 Å². The third-order valence-electron chi connectivity index (χ3n) is 8.95. The van der Waals surface area contributed by atoms with Gasteiger partial charge in [0.05, 0.1) is 5.25 Å². The quantitative estimate of drug-likeness (QED) is 0.0899. The molecule has 0 spiro atoms. The van der Waals surface area contributed by atoms with Crippen LogP contribution in [0.4, 0.5) is 4.79 Å². The number of carbonyl (C=O) groups is 4. The molecule has 3 unspecified atom stereocenters. The maximum absolute atomic E-state index is 12.9. The maximum atomic E-state index is 12.9. The Morgan fingerprint density at radius 3 is 2.41 bits per heavy atom. The Kier molecular flexibility index (Phi) is 20.6. The van der Waals surface area contributed by atoms with Crippen LogP contribution in [-0.4, -0.2) is 110 Å². The van der Waals surface area contributed by atoms with E-state index in [1.165, 1.54) is 10.5 Å². The number of nitrogens with zero attached hydrogens (tertiary/aromatic N) is 3. The Hall–Kier alpha value is -2.63. The van der Waals surface area contributed by atoms with Crippen molar-refractivity contribution < 1.29 is 28.7 Å². The fourth-order valence-electron chi connectivity index (χ4n) is 5.87. The van der Waals surface area contributed by atoms with Crippen LogP contribution in [0, 0.1) is 11.8 Å². The van der Waals surface area contributed by atoms with E-state index in [2.05, 4.69) is 37.9 Å². The molecule has 1 heterocycles. The van der Waals surface area contributed by atoms with E-state index in [4.69, 9.17) is 9.47 Å². The average molecular weight is 705 g/mol. The molecule has 1 aromatic carbocycles. The molecule has 1 saturated heterocycles. The van der Waals surface area contributed by atoms with E-state index >= 15 is 0 Å². The number of amides is 4. The van der Waals surface area contributed by atoms with Gasteiger partial charge in [0.25, 0.3) is 0 Å². The summed E-state index contributed by atoms with van der Waals surface area (Å²) in [6.07, 6.45) is 8.04. The van der Waals surface area contributed by atoms with Gasteiger partial charge in [-0.25, -0.2) is 4.79 Å². The summed E-state index contributed by atoms with van der Waals surface area (Å²) in [5.41, 5.74) is 1.21. The molecule has 1 aliphatic rings. The third kappa shape index (κ3) is 17.2. The van der Waals surface area contributed by atoms with Gasteiger partial charge in [-0.05, 0) is 93.9 Å². The second-order valence-electron chi connectivity index (χ2n) is 14.1. The number of benzene rings is 1. The van der Waals surface area contributed by atoms with E-state index in [0.29, 0.717) is 43.2 Å². The summed E-state index contributed by atoms with van der Waals surface area (Å²) < 4.78 is 11.3. The largest absolute Gasteiger partial charge is 0.414 e. The summed E-state index contributed by atoms with van der Waals surface area (Å²) in [5.74, 6) is 2.50. The van der Waals surface area contributed by atoms with Gasteiger partial charge < -0.3 is 24.6 Å². The van der Waals surface area contributed by atoms with Crippen LogP contribution in [0.1, 0.15) is 103 Å². The minimum atomic E-state index is -0.347. The molecule has 0 aromatic heterocycles. The fraction of sp³-hybridized carbons (Fsp3) is 0.737. The van der Waals surface area contributed by atoms with Crippen LogP contribution in [0.3, 0.4) is 0 Å². The van der Waals surface area contributed by atoms with E-state index in [0.717, 1.165) is 70.3 Å². The summed E-state index contributed by atoms with van der Waals surface area (Å²) >= 11 is 1.56. The van der Waals surface area contributed by atoms with Crippen molar-refractivity contribution in [1.82, 2.24) is 20.0 Å². The minimum Gasteiger partial charge on any atom is -0.410 e. The highest BCUT2D eigenvalue weighted by Gasteiger charge is 2.38. The lowest BCUT2D eigenvalue weighted by molar-refractivity contribution is -0.138. The van der Waals surface area contributed by atoms with Crippen molar-refractivity contribution in [2.45, 2.75) is 103 Å². The molecule has 49 heavy (non-hydrogen) atoms. The second kappa shape index (κ2) is 23.7. The molecule has 0 radical (unpaired) electrons. The molecule has 1 fully saturated rings. The summed E-state index contributed by atoms with van der Waals surface area (Å²) in [6.45, 7) is 12.5. The van der Waals surface area contributed by atoms with Gasteiger partial charge >= 0.3 is 6.09 Å². The number of hydrogen-bond donors (Lipinski definition) is 1. The normalized spacial score (nSPS) is 16.0. The van der Waals surface area contributed by atoms with E-state index in [1.807, 2.05) is 38.4 Å². The van der Waals surface area contributed by atoms with Crippen molar-refractivity contribution in [1.29, 1.82) is 0 Å². The van der Waals surface area contributed by atoms with Gasteiger partial charge in [-0.3, -0.25) is 19.3 Å². The number of hydrogen-bond acceptors (Lipinski definition) is 8. The van der Waals surface area contributed by atoms with Crippen molar-refractivity contribution in [2.75, 3.05) is 66.3 Å². The SMILES string of the molecule is CCC(COCCCNC(=O)CCN1C(=O)CC(SCCCCCC(C)c2ccc(OC(=O)N(C)CCCN(C)C)cc2)C1=O)CC(C)C. The standard InChI is InChI=1S/C38H64N4O6S/c1-8-31(26-29(2)3)28-47-24-12-20-39-35(43)19-23-42-36(44)27-34(37(42)45)49-25-11-9-10-14-30(4)32-15-17-33(18-16-32)48-38(46)41(7)22-13-21-40(5)6/h15-18,29-31,34H,8-14,19-28H2,1-7H3,(H,39,43). The first-order chi connectivity index (χ1) is 23.4. The molecular formula is C38H64N4O6S. The molecule has 1 aromatic rings. The first kappa shape index (κ1) is 42.5. The Morgan fingerprint density at radius 1 is 1.00 bits per heavy atom. The summed E-state index contributed by atoms with van der Waals surface area (Å²) in [4.78, 5) is 55.0. The zero-order valence-electron chi connectivity index (χ0n) is 31.3. The third-order valence-corrected chi connectivity index (χ3v) is 10.2. The highest BCUT2D eigenvalue weighted by Crippen LogP contribution is 2.28. The van der Waals surface area contributed by atoms with Crippen LogP contribution in [0.2, 0.25) is 0 Å². The summed E-state index contributed by atoms with van der Waals surface area (Å²) in [5, 5.41) is 2.53. The maximum Gasteiger partial charge on any atom is 0.414 e. The monoisotopic (exact) mass is 704 g/mol. The molecule has 3 atom stereocenters. The first-order valence-corrected chi connectivity index (χ1v) is 19.4. The number of thioether (sulfide) groups is 1. The van der Waals surface area contributed by atoms with Gasteiger partial charge in [-0.15, -0.1) is 11.8 Å². The predicted octanol–water partition coefficient (Wildman–Crippen LogP) is 6.58. The predicted molar refractivity (Wildman–Crippen MR) is 199 cm³/mol. The molecule has 11 heteroatoms. The van der Waals surface area contributed by atoms with Gasteiger partial charge in [-0.1, -0.05) is 59.1 Å². The molecule has 10 nitrogen and oxygen atoms in total. The number of imide groups is 1. The van der Waals surface area contributed by atoms with Gasteiger partial charge in [0.1, 0.15) is 5.75 Å². The Balaban J connectivity index is 1.56. The summed E-state index contributed by atoms with van der Waals surface area (Å²) in [7, 11) is 5.79. The van der Waals surface area contributed by atoms with E-state index in [9.17, 15) is 19.2 Å². The van der Waals surface area contributed by atoms with Crippen LogP contribution in [0.25, 0.3) is 0 Å². The second-order valence-corrected chi connectivity index (χ2v) is 15.5. The van der Waals surface area contributed by atoms with Gasteiger partial charge in [0.15, 0.2) is 0 Å². The topological polar surface area (TPSA) is 108 Å². The van der Waals surface area contributed by atoms with Gasteiger partial charge in [-0.2, -0.15) is 0 Å². The molecule has 0 bridgehead atoms. The molecule has 4 amide bonds. The van der Waals surface area contributed by atoms with Crippen molar-refractivity contribution in [3.05, 3.63) is 29.8 Å². The van der Waals surface area contributed by atoms with Gasteiger partial charge in [0.2, 0.25) is 17.7 Å². The van der Waals surface area contributed by atoms with Crippen molar-refractivity contribution >= 4 is 35.6 Å². The van der Waals surface area contributed by atoms with Crippen molar-refractivity contribution in [2.24, 2.45) is 11.8 Å². The number of rotatable bonds is 25. The Morgan fingerprint density at radius 2 is 1.73 bits per heavy atom. The Bertz CT molecular complexity index is 1130. The highest BCUT2D eigenvalue weighted by atomic mass is 32.2. The van der Waals surface area contributed by atoms with E-state index in [-0.39, 0.29) is 48.5 Å². The Labute approximate surface area is 300 Å². The number of likely N-dealkylation sites (tertiary alicyclic amines) is 1. The van der Waals surface area contributed by atoms with Crippen molar-refractivity contribution in [3.8, 4) is 5.75 Å². The zero-order valence-corrected chi connectivity index (χ0v) is 32.2. The number of ether oxygens (including phenoxy) is 2. The molecule has 278 valence electrons. The molecular weight excluding hydrogens is 641 g/mol. The summed E-state index contributed by atoms with van der Waals surface area (Å²) in [6, 6.07) is 7.77. The fourth-order valence-corrected chi connectivity index (χ4v) is 7.06.